The van der Waals surface area contributed by atoms with Gasteiger partial charge in [-0.3, -0.25) is 0 Å². The Kier molecular flexibility index (Phi) is 9.52. The lowest BCUT2D eigenvalue weighted by Gasteiger charge is -2.45. The van der Waals surface area contributed by atoms with Crippen LogP contribution >= 0.6 is 0 Å². The van der Waals surface area contributed by atoms with Gasteiger partial charge in [-0.2, -0.15) is 0 Å². The van der Waals surface area contributed by atoms with Crippen molar-refractivity contribution in [2.75, 3.05) is 0 Å². The van der Waals surface area contributed by atoms with Crippen LogP contribution in [0.3, 0.4) is 0 Å². The average Bonchev–Trinajstić information content (AvgIpc) is 2.96. The Morgan fingerprint density at radius 2 is 1.84 bits per heavy atom. The van der Waals surface area contributed by atoms with Crippen molar-refractivity contribution in [3.05, 3.63) is 24.5 Å². The van der Waals surface area contributed by atoms with Crippen LogP contribution in [0.25, 0.3) is 0 Å². The molecule has 5 atom stereocenters. The summed E-state index contributed by atoms with van der Waals surface area (Å²) >= 11 is 0. The molecule has 1 aliphatic carbocycles. The summed E-state index contributed by atoms with van der Waals surface area (Å²) in [6.07, 6.45) is 16.9. The van der Waals surface area contributed by atoms with E-state index in [4.69, 9.17) is 9.16 Å². The maximum Gasteiger partial charge on any atom is 0.192 e. The van der Waals surface area contributed by atoms with Crippen LogP contribution in [-0.4, -0.2) is 20.0 Å². The summed E-state index contributed by atoms with van der Waals surface area (Å²) in [6.45, 7) is 23.3. The fourth-order valence-corrected chi connectivity index (χ4v) is 7.22. The smallest absolute Gasteiger partial charge is 0.192 e. The molecule has 2 nitrogen and oxygen atoms in total. The SMILES string of the molecule is C=C1CC/C=C\C[C@@H]2[C@@H](CCC(C)(CCCCC)O[Si](C)(C)C(C)(C)C)[C@H](C)C[C@@H]2O1. The van der Waals surface area contributed by atoms with Gasteiger partial charge in [0.1, 0.15) is 6.10 Å². The van der Waals surface area contributed by atoms with Crippen LogP contribution < -0.4 is 0 Å². The van der Waals surface area contributed by atoms with Gasteiger partial charge in [0.15, 0.2) is 8.32 Å². The van der Waals surface area contributed by atoms with Crippen LogP contribution in [0.5, 0.6) is 0 Å². The minimum atomic E-state index is -1.81. The maximum atomic E-state index is 7.13. The molecule has 2 aliphatic rings. The highest BCUT2D eigenvalue weighted by Crippen LogP contribution is 2.47. The van der Waals surface area contributed by atoms with Gasteiger partial charge in [-0.25, -0.2) is 0 Å². The minimum absolute atomic E-state index is 0.00518. The standard InChI is InChI=1S/C28H52O2Si/c1-10-11-15-19-28(7,30-31(8,9)27(4,5)6)20-18-24-22(2)21-26-25(24)17-14-12-13-16-23(3)29-26/h12,14,22,24-26H,3,10-11,13,15-21H2,1-2,4-9H3/b14-12-/t22-,24+,25-,26+,28?/m1/s1. The second kappa shape index (κ2) is 11.1. The molecule has 1 fully saturated rings. The zero-order valence-electron chi connectivity index (χ0n) is 22.1. The predicted molar refractivity (Wildman–Crippen MR) is 138 cm³/mol. The Balaban J connectivity index is 2.13. The number of allylic oxidation sites excluding steroid dienone is 3. The third-order valence-electron chi connectivity index (χ3n) is 8.47. The van der Waals surface area contributed by atoms with Crippen molar-refractivity contribution in [2.45, 2.75) is 136 Å². The molecule has 1 aliphatic heterocycles. The molecule has 0 amide bonds. The second-order valence-corrected chi connectivity index (χ2v) is 17.0. The molecule has 0 N–H and O–H groups in total. The fourth-order valence-electron chi connectivity index (χ4n) is 5.48. The van der Waals surface area contributed by atoms with Crippen molar-refractivity contribution in [3.63, 3.8) is 0 Å². The first-order valence-electron chi connectivity index (χ1n) is 13.1. The zero-order chi connectivity index (χ0) is 23.3. The van der Waals surface area contributed by atoms with E-state index in [2.05, 4.69) is 73.4 Å². The predicted octanol–water partition coefficient (Wildman–Crippen LogP) is 9.04. The van der Waals surface area contributed by atoms with E-state index in [1.807, 2.05) is 0 Å². The molecule has 0 aromatic rings. The normalized spacial score (nSPS) is 30.5. The Morgan fingerprint density at radius 3 is 2.48 bits per heavy atom. The first kappa shape index (κ1) is 26.7. The molecule has 0 radical (unpaired) electrons. The third kappa shape index (κ3) is 7.49. The van der Waals surface area contributed by atoms with E-state index in [9.17, 15) is 0 Å². The number of hydrogen-bond acceptors (Lipinski definition) is 2. The Labute approximate surface area is 195 Å². The number of ether oxygens (including phenoxy) is 1. The van der Waals surface area contributed by atoms with Gasteiger partial charge in [-0.05, 0) is 75.4 Å². The van der Waals surface area contributed by atoms with Crippen LogP contribution in [0.1, 0.15) is 106 Å². The van der Waals surface area contributed by atoms with Crippen molar-refractivity contribution >= 4 is 8.32 Å². The minimum Gasteiger partial charge on any atom is -0.495 e. The van der Waals surface area contributed by atoms with Gasteiger partial charge in [-0.1, -0.05) is 72.6 Å². The number of rotatable bonds is 9. The summed E-state index contributed by atoms with van der Waals surface area (Å²) in [4.78, 5) is 0. The van der Waals surface area contributed by atoms with Gasteiger partial charge >= 0.3 is 0 Å². The van der Waals surface area contributed by atoms with Gasteiger partial charge in [0.2, 0.25) is 0 Å². The maximum absolute atomic E-state index is 7.13. The monoisotopic (exact) mass is 448 g/mol. The van der Waals surface area contributed by atoms with Crippen molar-refractivity contribution in [1.82, 2.24) is 0 Å². The molecule has 1 saturated carbocycles. The fraction of sp³-hybridized carbons (Fsp3) is 0.857. The Morgan fingerprint density at radius 1 is 1.13 bits per heavy atom. The van der Waals surface area contributed by atoms with Gasteiger partial charge in [0.25, 0.3) is 0 Å². The molecule has 0 bridgehead atoms. The summed E-state index contributed by atoms with van der Waals surface area (Å²) in [5.41, 5.74) is -0.00518. The van der Waals surface area contributed by atoms with Crippen molar-refractivity contribution in [2.24, 2.45) is 17.8 Å². The van der Waals surface area contributed by atoms with Crippen LogP contribution in [0.15, 0.2) is 24.5 Å². The zero-order valence-corrected chi connectivity index (χ0v) is 23.1. The largest absolute Gasteiger partial charge is 0.495 e. The molecule has 2 rings (SSSR count). The van der Waals surface area contributed by atoms with Gasteiger partial charge in [0.05, 0.1) is 11.4 Å². The number of unbranched alkanes of at least 4 members (excludes halogenated alkanes) is 2. The van der Waals surface area contributed by atoms with E-state index in [-0.39, 0.29) is 10.6 Å². The summed E-state index contributed by atoms with van der Waals surface area (Å²) in [5, 5.41) is 0.252. The highest BCUT2D eigenvalue weighted by Gasteiger charge is 2.45. The summed E-state index contributed by atoms with van der Waals surface area (Å²) < 4.78 is 13.5. The summed E-state index contributed by atoms with van der Waals surface area (Å²) in [5.74, 6) is 3.03. The van der Waals surface area contributed by atoms with Crippen molar-refractivity contribution < 1.29 is 9.16 Å². The van der Waals surface area contributed by atoms with E-state index >= 15 is 0 Å². The van der Waals surface area contributed by atoms with E-state index in [0.717, 1.165) is 25.0 Å². The van der Waals surface area contributed by atoms with Gasteiger partial charge in [-0.15, -0.1) is 0 Å². The van der Waals surface area contributed by atoms with Crippen molar-refractivity contribution in [1.29, 1.82) is 0 Å². The average molecular weight is 449 g/mol. The third-order valence-corrected chi connectivity index (χ3v) is 13.1. The van der Waals surface area contributed by atoms with E-state index in [1.165, 1.54) is 44.9 Å². The lowest BCUT2D eigenvalue weighted by atomic mass is 9.80. The van der Waals surface area contributed by atoms with Crippen molar-refractivity contribution in [3.8, 4) is 0 Å². The molecule has 3 heteroatoms. The number of fused-ring (bicyclic) bond motifs is 1. The summed E-state index contributed by atoms with van der Waals surface area (Å²) in [6, 6.07) is 0. The van der Waals surface area contributed by atoms with Crippen LogP contribution in [0, 0.1) is 17.8 Å². The van der Waals surface area contributed by atoms with E-state index < -0.39 is 8.32 Å². The van der Waals surface area contributed by atoms with Crippen LogP contribution in [0.2, 0.25) is 18.1 Å². The second-order valence-electron chi connectivity index (χ2n) is 12.3. The van der Waals surface area contributed by atoms with Gasteiger partial charge < -0.3 is 9.16 Å². The van der Waals surface area contributed by atoms with E-state index in [0.29, 0.717) is 23.9 Å². The lowest BCUT2D eigenvalue weighted by molar-refractivity contribution is 0.0342. The topological polar surface area (TPSA) is 18.5 Å². The first-order valence-corrected chi connectivity index (χ1v) is 16.0. The van der Waals surface area contributed by atoms with Gasteiger partial charge in [0, 0.05) is 12.3 Å². The molecular weight excluding hydrogens is 396 g/mol. The lowest BCUT2D eigenvalue weighted by Crippen LogP contribution is -2.48. The molecule has 1 heterocycles. The summed E-state index contributed by atoms with van der Waals surface area (Å²) in [7, 11) is -1.81. The highest BCUT2D eigenvalue weighted by molar-refractivity contribution is 6.74. The Hall–Kier alpha value is -0.543. The molecule has 0 aromatic heterocycles. The quantitative estimate of drug-likeness (QED) is 0.199. The number of hydrogen-bond donors (Lipinski definition) is 0. The molecular formula is C28H52O2Si. The molecule has 0 aromatic carbocycles. The molecule has 31 heavy (non-hydrogen) atoms. The highest BCUT2D eigenvalue weighted by atomic mass is 28.4. The van der Waals surface area contributed by atoms with Crippen LogP contribution in [-0.2, 0) is 9.16 Å². The van der Waals surface area contributed by atoms with Crippen LogP contribution in [0.4, 0.5) is 0 Å². The van der Waals surface area contributed by atoms with E-state index in [1.54, 1.807) is 0 Å². The molecule has 180 valence electrons. The molecule has 0 saturated heterocycles. The molecule has 1 unspecified atom stereocenters. The first-order chi connectivity index (χ1) is 14.4. The molecule has 0 spiro atoms. The Bertz CT molecular complexity index is 603.